The first-order valence-corrected chi connectivity index (χ1v) is 7.15. The molecule has 0 saturated heterocycles. The predicted molar refractivity (Wildman–Crippen MR) is 75.2 cm³/mol. The van der Waals surface area contributed by atoms with Gasteiger partial charge < -0.3 is 4.90 Å². The van der Waals surface area contributed by atoms with Crippen LogP contribution in [0.3, 0.4) is 0 Å². The average Bonchev–Trinajstić information content (AvgIpc) is 3.19. The Kier molecular flexibility index (Phi) is 4.26. The molecule has 1 unspecified atom stereocenters. The van der Waals surface area contributed by atoms with Crippen LogP contribution in [0.4, 0.5) is 0 Å². The second kappa shape index (κ2) is 5.73. The second-order valence-electron chi connectivity index (χ2n) is 5.96. The van der Waals surface area contributed by atoms with Crippen molar-refractivity contribution in [2.45, 2.75) is 46.0 Å². The molecule has 1 fully saturated rings. The van der Waals surface area contributed by atoms with Crippen molar-refractivity contribution in [1.82, 2.24) is 4.90 Å². The van der Waals surface area contributed by atoms with Gasteiger partial charge in [-0.05, 0) is 51.9 Å². The molecule has 0 N–H and O–H groups in total. The summed E-state index contributed by atoms with van der Waals surface area (Å²) in [6.07, 6.45) is 10.5. The van der Waals surface area contributed by atoms with E-state index in [0.29, 0.717) is 17.7 Å². The molecule has 18 heavy (non-hydrogen) atoms. The number of hydrogen-bond donors (Lipinski definition) is 0. The summed E-state index contributed by atoms with van der Waals surface area (Å²) in [5.74, 6) is 1.36. The Morgan fingerprint density at radius 1 is 1.39 bits per heavy atom. The van der Waals surface area contributed by atoms with E-state index in [1.165, 1.54) is 30.4 Å². The van der Waals surface area contributed by atoms with Crippen LogP contribution in [0.15, 0.2) is 23.3 Å². The lowest BCUT2D eigenvalue weighted by atomic mass is 9.85. The van der Waals surface area contributed by atoms with E-state index in [1.54, 1.807) is 0 Å². The number of carbonyl (C=O) groups excluding carboxylic acids is 1. The zero-order chi connectivity index (χ0) is 13.1. The van der Waals surface area contributed by atoms with Crippen LogP contribution < -0.4 is 0 Å². The normalized spacial score (nSPS) is 24.7. The van der Waals surface area contributed by atoms with Gasteiger partial charge in [-0.15, -0.1) is 0 Å². The molecule has 0 radical (unpaired) electrons. The van der Waals surface area contributed by atoms with E-state index in [1.807, 2.05) is 11.9 Å². The van der Waals surface area contributed by atoms with Crippen molar-refractivity contribution in [3.8, 4) is 0 Å². The molecule has 2 rings (SSSR count). The van der Waals surface area contributed by atoms with Gasteiger partial charge in [0.2, 0.25) is 5.91 Å². The largest absolute Gasteiger partial charge is 0.342 e. The lowest BCUT2D eigenvalue weighted by molar-refractivity contribution is -0.130. The first-order valence-electron chi connectivity index (χ1n) is 7.15. The van der Waals surface area contributed by atoms with Gasteiger partial charge in [0.05, 0.1) is 0 Å². The van der Waals surface area contributed by atoms with Crippen LogP contribution in [0.25, 0.3) is 0 Å². The fraction of sp³-hybridized carbons (Fsp3) is 0.688. The van der Waals surface area contributed by atoms with Gasteiger partial charge in [0.1, 0.15) is 0 Å². The molecule has 2 nitrogen and oxygen atoms in total. The Bertz CT molecular complexity index is 377. The highest BCUT2D eigenvalue weighted by Gasteiger charge is 2.31. The molecule has 1 atom stereocenters. The third-order valence-corrected chi connectivity index (χ3v) is 4.27. The van der Waals surface area contributed by atoms with Crippen molar-refractivity contribution >= 4 is 5.91 Å². The van der Waals surface area contributed by atoms with E-state index in [0.717, 1.165) is 19.4 Å². The van der Waals surface area contributed by atoms with Gasteiger partial charge in [-0.2, -0.15) is 0 Å². The maximum atomic E-state index is 11.8. The number of allylic oxidation sites excluding steroid dienone is 3. The van der Waals surface area contributed by atoms with Crippen LogP contribution in [-0.2, 0) is 4.79 Å². The van der Waals surface area contributed by atoms with Gasteiger partial charge in [-0.1, -0.05) is 23.3 Å². The van der Waals surface area contributed by atoms with Crippen LogP contribution in [0.2, 0.25) is 0 Å². The zero-order valence-electron chi connectivity index (χ0n) is 11.9. The van der Waals surface area contributed by atoms with Crippen LogP contribution in [0, 0.1) is 11.8 Å². The lowest BCUT2D eigenvalue weighted by Crippen LogP contribution is -2.28. The number of nitrogens with zero attached hydrogens (tertiary/aromatic N) is 1. The maximum Gasteiger partial charge on any atom is 0.225 e. The second-order valence-corrected chi connectivity index (χ2v) is 5.96. The van der Waals surface area contributed by atoms with Crippen molar-refractivity contribution in [3.05, 3.63) is 23.3 Å². The zero-order valence-corrected chi connectivity index (χ0v) is 11.9. The third kappa shape index (κ3) is 3.47. The summed E-state index contributed by atoms with van der Waals surface area (Å²) in [7, 11) is 1.93. The molecule has 0 aromatic carbocycles. The summed E-state index contributed by atoms with van der Waals surface area (Å²) in [6, 6.07) is 0. The summed E-state index contributed by atoms with van der Waals surface area (Å²) in [4.78, 5) is 13.7. The molecule has 0 aliphatic heterocycles. The van der Waals surface area contributed by atoms with Crippen molar-refractivity contribution in [2.24, 2.45) is 11.8 Å². The Morgan fingerprint density at radius 3 is 2.67 bits per heavy atom. The van der Waals surface area contributed by atoms with E-state index in [4.69, 9.17) is 0 Å². The first-order chi connectivity index (χ1) is 8.58. The third-order valence-electron chi connectivity index (χ3n) is 4.27. The molecule has 0 spiro atoms. The van der Waals surface area contributed by atoms with E-state index >= 15 is 0 Å². The monoisotopic (exact) mass is 247 g/mol. The van der Waals surface area contributed by atoms with Crippen LogP contribution in [-0.4, -0.2) is 24.4 Å². The molecule has 1 saturated carbocycles. The minimum absolute atomic E-state index is 0.332. The molecule has 0 aromatic rings. The van der Waals surface area contributed by atoms with Crippen LogP contribution in [0.1, 0.15) is 46.0 Å². The van der Waals surface area contributed by atoms with Crippen LogP contribution in [0.5, 0.6) is 0 Å². The molecule has 2 aliphatic carbocycles. The summed E-state index contributed by atoms with van der Waals surface area (Å²) in [5.41, 5.74) is 2.98. The molecule has 1 amide bonds. The lowest BCUT2D eigenvalue weighted by Gasteiger charge is -2.22. The molecule has 2 heteroatoms. The number of rotatable bonds is 4. The summed E-state index contributed by atoms with van der Waals surface area (Å²) in [5, 5.41) is 0. The molecule has 100 valence electrons. The number of carbonyl (C=O) groups is 1. The SMILES string of the molecule is CC1=CCC(/C(C)=C\CN(C)C(=O)C2CC2)CC1. The summed E-state index contributed by atoms with van der Waals surface area (Å²) < 4.78 is 0. The quantitative estimate of drug-likeness (QED) is 0.696. The van der Waals surface area contributed by atoms with Gasteiger partial charge in [0.15, 0.2) is 0 Å². The van der Waals surface area contributed by atoms with Crippen molar-refractivity contribution in [3.63, 3.8) is 0 Å². The summed E-state index contributed by atoms with van der Waals surface area (Å²) in [6.45, 7) is 5.21. The maximum absolute atomic E-state index is 11.8. The fourth-order valence-corrected chi connectivity index (χ4v) is 2.56. The fourth-order valence-electron chi connectivity index (χ4n) is 2.56. The van der Waals surface area contributed by atoms with Crippen molar-refractivity contribution < 1.29 is 4.79 Å². The van der Waals surface area contributed by atoms with E-state index < -0.39 is 0 Å². The van der Waals surface area contributed by atoms with Gasteiger partial charge in [0, 0.05) is 19.5 Å². The highest BCUT2D eigenvalue weighted by molar-refractivity contribution is 5.80. The minimum atomic E-state index is 0.332. The minimum Gasteiger partial charge on any atom is -0.342 e. The number of amides is 1. The number of hydrogen-bond acceptors (Lipinski definition) is 1. The standard InChI is InChI=1S/C16H25NO/c1-12-4-6-14(7-5-12)13(2)10-11-17(3)16(18)15-8-9-15/h4,10,14-15H,5-9,11H2,1-3H3/b13-10-. The average molecular weight is 247 g/mol. The van der Waals surface area contributed by atoms with E-state index in [-0.39, 0.29) is 0 Å². The molecular formula is C16H25NO. The van der Waals surface area contributed by atoms with Gasteiger partial charge >= 0.3 is 0 Å². The summed E-state index contributed by atoms with van der Waals surface area (Å²) >= 11 is 0. The predicted octanol–water partition coefficient (Wildman–Crippen LogP) is 3.55. The number of likely N-dealkylation sites (N-methyl/N-ethyl adjacent to an activating group) is 1. The Labute approximate surface area is 111 Å². The van der Waals surface area contributed by atoms with Crippen molar-refractivity contribution in [2.75, 3.05) is 13.6 Å². The Morgan fingerprint density at radius 2 is 2.11 bits per heavy atom. The molecule has 0 aromatic heterocycles. The highest BCUT2D eigenvalue weighted by atomic mass is 16.2. The topological polar surface area (TPSA) is 20.3 Å². The first kappa shape index (κ1) is 13.4. The van der Waals surface area contributed by atoms with Gasteiger partial charge in [-0.25, -0.2) is 0 Å². The molecule has 0 bridgehead atoms. The highest BCUT2D eigenvalue weighted by Crippen LogP contribution is 2.31. The molecule has 0 heterocycles. The van der Waals surface area contributed by atoms with E-state index in [9.17, 15) is 4.79 Å². The van der Waals surface area contributed by atoms with E-state index in [2.05, 4.69) is 26.0 Å². The van der Waals surface area contributed by atoms with Gasteiger partial charge in [0.25, 0.3) is 0 Å². The Hall–Kier alpha value is -1.05. The smallest absolute Gasteiger partial charge is 0.225 e. The van der Waals surface area contributed by atoms with Crippen LogP contribution >= 0.6 is 0 Å². The molecular weight excluding hydrogens is 222 g/mol. The Balaban J connectivity index is 1.82. The molecule has 2 aliphatic rings. The van der Waals surface area contributed by atoms with Crippen molar-refractivity contribution in [1.29, 1.82) is 0 Å². The van der Waals surface area contributed by atoms with Gasteiger partial charge in [-0.3, -0.25) is 4.79 Å².